The molecule has 0 unspecified atom stereocenters. The van der Waals surface area contributed by atoms with E-state index in [2.05, 4.69) is 10.3 Å². The largest absolute Gasteiger partial charge is 0.442 e. The number of aliphatic imine (C=N–C) groups is 1. The molecule has 1 aliphatic heterocycles. The fourth-order valence-corrected chi connectivity index (χ4v) is 4.73. The molecule has 250 valence electrons. The summed E-state index contributed by atoms with van der Waals surface area (Å²) < 4.78 is 84.0. The van der Waals surface area contributed by atoms with E-state index in [0.717, 1.165) is 4.90 Å². The number of nitrogens with zero attached hydrogens (tertiary/aromatic N) is 2. The van der Waals surface area contributed by atoms with Crippen molar-refractivity contribution in [3.63, 3.8) is 0 Å². The number of ether oxygens (including phenoxy) is 1. The zero-order valence-corrected chi connectivity index (χ0v) is 24.8. The third-order valence-corrected chi connectivity index (χ3v) is 7.05. The van der Waals surface area contributed by atoms with Crippen molar-refractivity contribution < 1.29 is 50.3 Å². The zero-order chi connectivity index (χ0) is 34.4. The molecule has 0 spiro atoms. The number of hydrogen-bond donors (Lipinski definition) is 3. The van der Waals surface area contributed by atoms with Crippen LogP contribution in [0.5, 0.6) is 0 Å². The summed E-state index contributed by atoms with van der Waals surface area (Å²) in [6.07, 6.45) is -16.9. The molecule has 10 nitrogen and oxygen atoms in total. The molecule has 3 amide bonds. The van der Waals surface area contributed by atoms with Crippen LogP contribution in [0.2, 0.25) is 0 Å². The van der Waals surface area contributed by atoms with E-state index in [1.54, 1.807) is 48.5 Å². The number of primary amides is 1. The second-order valence-corrected chi connectivity index (χ2v) is 11.2. The van der Waals surface area contributed by atoms with Gasteiger partial charge in [-0.3, -0.25) is 24.1 Å². The maximum Gasteiger partial charge on any atom is 0.389 e. The van der Waals surface area contributed by atoms with Crippen molar-refractivity contribution >= 4 is 35.1 Å². The molecule has 5 N–H and O–H groups in total. The molecule has 46 heavy (non-hydrogen) atoms. The maximum atomic E-state index is 13.9. The van der Waals surface area contributed by atoms with Gasteiger partial charge in [-0.05, 0) is 32.8 Å². The third-order valence-electron chi connectivity index (χ3n) is 7.05. The Morgan fingerprint density at radius 3 is 2.00 bits per heavy atom. The Labute approximate surface area is 260 Å². The molecule has 1 aliphatic rings. The Morgan fingerprint density at radius 2 is 1.46 bits per heavy atom. The number of anilines is 1. The number of rotatable bonds is 12. The van der Waals surface area contributed by atoms with Gasteiger partial charge in [-0.25, -0.2) is 4.99 Å². The van der Waals surface area contributed by atoms with Gasteiger partial charge >= 0.3 is 18.3 Å². The average Bonchev–Trinajstić information content (AvgIpc) is 3.06. The first kappa shape index (κ1) is 36.0. The number of carbonyl (C=O) groups excluding carboxylic acids is 4. The lowest BCUT2D eigenvalue weighted by Gasteiger charge is -2.28. The third kappa shape index (κ3) is 9.76. The average molecular weight is 658 g/mol. The first-order chi connectivity index (χ1) is 21.3. The number of benzene rings is 2. The highest BCUT2D eigenvalue weighted by molar-refractivity contribution is 6.20. The van der Waals surface area contributed by atoms with Crippen LogP contribution in [0.3, 0.4) is 0 Å². The molecule has 16 heteroatoms. The van der Waals surface area contributed by atoms with Crippen molar-refractivity contribution in [2.24, 2.45) is 28.3 Å². The molecule has 0 fully saturated rings. The number of amides is 3. The van der Waals surface area contributed by atoms with E-state index >= 15 is 0 Å². The van der Waals surface area contributed by atoms with Crippen molar-refractivity contribution in [1.29, 1.82) is 0 Å². The Kier molecular flexibility index (Phi) is 11.2. The van der Waals surface area contributed by atoms with Gasteiger partial charge in [-0.1, -0.05) is 48.5 Å². The van der Waals surface area contributed by atoms with Crippen LogP contribution in [-0.2, 0) is 23.9 Å². The van der Waals surface area contributed by atoms with Crippen molar-refractivity contribution in [2.75, 3.05) is 11.6 Å². The summed E-state index contributed by atoms with van der Waals surface area (Å²) in [6, 6.07) is 14.6. The summed E-state index contributed by atoms with van der Waals surface area (Å²) in [5, 5.41) is 2.22. The van der Waals surface area contributed by atoms with Crippen molar-refractivity contribution in [3.8, 4) is 0 Å². The summed E-state index contributed by atoms with van der Waals surface area (Å²) in [6.45, 7) is 2.01. The van der Waals surface area contributed by atoms with E-state index in [1.165, 1.54) is 19.9 Å². The summed E-state index contributed by atoms with van der Waals surface area (Å²) in [5.74, 6) is -8.63. The fraction of sp³-hybridized carbons (Fsp3) is 0.433. The Hall–Kier alpha value is -4.47. The normalized spacial score (nSPS) is 16.9. The van der Waals surface area contributed by atoms with Crippen LogP contribution >= 0.6 is 0 Å². The number of alkyl halides is 6. The smallest absolute Gasteiger partial charge is 0.389 e. The molecular weight excluding hydrogens is 624 g/mol. The lowest BCUT2D eigenvalue weighted by Crippen LogP contribution is -2.52. The molecule has 2 aromatic rings. The minimum atomic E-state index is -4.83. The molecule has 2 aromatic carbocycles. The number of nitrogens with two attached hydrogens (primary N) is 2. The quantitative estimate of drug-likeness (QED) is 0.232. The van der Waals surface area contributed by atoms with E-state index in [0.29, 0.717) is 11.1 Å². The molecule has 0 bridgehead atoms. The molecule has 3 rings (SSSR count). The molecule has 0 radical (unpaired) electrons. The highest BCUT2D eigenvalue weighted by atomic mass is 19.4. The number of hydrogen-bond acceptors (Lipinski definition) is 7. The van der Waals surface area contributed by atoms with E-state index in [1.807, 2.05) is 0 Å². The van der Waals surface area contributed by atoms with E-state index < -0.39 is 92.0 Å². The summed E-state index contributed by atoms with van der Waals surface area (Å²) in [5.41, 5.74) is 10.8. The lowest BCUT2D eigenvalue weighted by atomic mass is 9.83. The second-order valence-electron chi connectivity index (χ2n) is 11.2. The van der Waals surface area contributed by atoms with Crippen molar-refractivity contribution in [1.82, 2.24) is 5.32 Å². The molecule has 0 aromatic heterocycles. The molecule has 0 saturated heterocycles. The Bertz CT molecular complexity index is 1460. The lowest BCUT2D eigenvalue weighted by molar-refractivity contribution is -0.152. The van der Waals surface area contributed by atoms with Gasteiger partial charge in [0.25, 0.3) is 5.91 Å². The minimum absolute atomic E-state index is 0.151. The second kappa shape index (κ2) is 14.3. The molecular formula is C30H33F6N5O5. The van der Waals surface area contributed by atoms with Gasteiger partial charge < -0.3 is 21.5 Å². The molecule has 0 aliphatic carbocycles. The summed E-state index contributed by atoms with van der Waals surface area (Å²) in [7, 11) is 0. The summed E-state index contributed by atoms with van der Waals surface area (Å²) in [4.78, 5) is 57.6. The van der Waals surface area contributed by atoms with Gasteiger partial charge in [0.05, 0.1) is 11.4 Å². The van der Waals surface area contributed by atoms with Crippen LogP contribution in [0.25, 0.3) is 0 Å². The van der Waals surface area contributed by atoms with Gasteiger partial charge in [0.2, 0.25) is 18.0 Å². The highest BCUT2D eigenvalue weighted by Gasteiger charge is 2.41. The van der Waals surface area contributed by atoms with Crippen LogP contribution < -0.4 is 21.7 Å². The standard InChI is InChI=1S/C30H33F6N5O5/c1-28(2,38)27(45)46-16-41-21-11-7-6-10-20(21)22(17-8-4-3-5-9-17)39-24(26(41)44)40-25(43)19(13-15-30(34,35)36)18(23(37)42)12-14-29(31,32)33/h3-11,18-19,24H,12-16,38H2,1-2H3,(H2,37,42)(H,40,43)/t18-,19+,24+/m0/s1. The topological polar surface area (TPSA) is 157 Å². The molecule has 3 atom stereocenters. The first-order valence-electron chi connectivity index (χ1n) is 14.0. The van der Waals surface area contributed by atoms with Gasteiger partial charge in [0.15, 0.2) is 6.73 Å². The van der Waals surface area contributed by atoms with Gasteiger partial charge in [0.1, 0.15) is 5.54 Å². The Balaban J connectivity index is 2.09. The van der Waals surface area contributed by atoms with E-state index in [4.69, 9.17) is 16.2 Å². The Morgan fingerprint density at radius 1 is 0.913 bits per heavy atom. The monoisotopic (exact) mass is 657 g/mol. The van der Waals surface area contributed by atoms with E-state index in [-0.39, 0.29) is 11.4 Å². The minimum Gasteiger partial charge on any atom is -0.442 e. The highest BCUT2D eigenvalue weighted by Crippen LogP contribution is 2.33. The van der Waals surface area contributed by atoms with Crippen molar-refractivity contribution in [3.05, 3.63) is 65.7 Å². The van der Waals surface area contributed by atoms with Gasteiger partial charge in [0, 0.05) is 35.8 Å². The number of halogens is 6. The maximum absolute atomic E-state index is 13.9. The molecule has 0 saturated carbocycles. The number of esters is 1. The van der Waals surface area contributed by atoms with E-state index in [9.17, 15) is 45.5 Å². The van der Waals surface area contributed by atoms with Gasteiger partial charge in [-0.2, -0.15) is 26.3 Å². The van der Waals surface area contributed by atoms with Crippen LogP contribution in [0, 0.1) is 11.8 Å². The SMILES string of the molecule is CC(C)(N)C(=O)OCN1C(=O)[C@@H](NC(=O)[C@H](CCC(F)(F)F)[C@H](CCC(F)(F)F)C(N)=O)N=C(c2ccccc2)c2ccccc21. The number of benzodiazepines with no additional fused rings is 1. The van der Waals surface area contributed by atoms with Crippen LogP contribution in [-0.4, -0.2) is 60.2 Å². The number of nitrogens with one attached hydrogen (secondary N) is 1. The van der Waals surface area contributed by atoms with Gasteiger partial charge in [-0.15, -0.1) is 0 Å². The number of carbonyl (C=O) groups is 4. The first-order valence-corrected chi connectivity index (χ1v) is 14.0. The predicted octanol–water partition coefficient (Wildman–Crippen LogP) is 3.95. The zero-order valence-electron chi connectivity index (χ0n) is 24.8. The molecule has 1 heterocycles. The summed E-state index contributed by atoms with van der Waals surface area (Å²) >= 11 is 0. The number of para-hydroxylation sites is 1. The predicted molar refractivity (Wildman–Crippen MR) is 154 cm³/mol. The fourth-order valence-electron chi connectivity index (χ4n) is 4.73. The van der Waals surface area contributed by atoms with Crippen LogP contribution in [0.4, 0.5) is 32.0 Å². The van der Waals surface area contributed by atoms with Crippen LogP contribution in [0.15, 0.2) is 59.6 Å². The van der Waals surface area contributed by atoms with Crippen LogP contribution in [0.1, 0.15) is 50.7 Å². The number of fused-ring (bicyclic) bond motifs is 1. The van der Waals surface area contributed by atoms with Crippen molar-refractivity contribution in [2.45, 2.75) is 63.6 Å².